The van der Waals surface area contributed by atoms with E-state index in [1.807, 2.05) is 20.8 Å². The molecule has 1 saturated heterocycles. The van der Waals surface area contributed by atoms with Crippen LogP contribution in [0.4, 0.5) is 10.5 Å². The van der Waals surface area contributed by atoms with Gasteiger partial charge in [0.1, 0.15) is 17.1 Å². The number of likely N-dealkylation sites (tertiary alicyclic amines) is 1. The van der Waals surface area contributed by atoms with Crippen molar-refractivity contribution in [2.24, 2.45) is 5.41 Å². The van der Waals surface area contributed by atoms with Crippen molar-refractivity contribution in [3.8, 4) is 6.07 Å². The molecule has 2 aliphatic rings. The number of nitrogens with zero attached hydrogens (tertiary/aromatic N) is 2. The minimum atomic E-state index is -0.953. The first-order valence-electron chi connectivity index (χ1n) is 11.1. The Morgan fingerprint density at radius 1 is 1.09 bits per heavy atom. The summed E-state index contributed by atoms with van der Waals surface area (Å²) >= 11 is 0. The van der Waals surface area contributed by atoms with Crippen LogP contribution in [0.3, 0.4) is 0 Å². The molecule has 8 nitrogen and oxygen atoms in total. The Labute approximate surface area is 188 Å². The van der Waals surface area contributed by atoms with E-state index in [9.17, 15) is 19.6 Å². The maximum absolute atomic E-state index is 12.5. The van der Waals surface area contributed by atoms with E-state index in [4.69, 9.17) is 9.47 Å². The summed E-state index contributed by atoms with van der Waals surface area (Å²) in [6, 6.07) is 8.65. The van der Waals surface area contributed by atoms with Crippen molar-refractivity contribution in [3.63, 3.8) is 0 Å². The molecule has 2 amide bonds. The highest BCUT2D eigenvalue weighted by atomic mass is 16.6. The van der Waals surface area contributed by atoms with Crippen molar-refractivity contribution in [1.29, 1.82) is 5.26 Å². The first kappa shape index (κ1) is 23.6. The molecule has 1 saturated carbocycles. The highest BCUT2D eigenvalue weighted by Gasteiger charge is 2.41. The third kappa shape index (κ3) is 5.78. The molecule has 3 rings (SSSR count). The van der Waals surface area contributed by atoms with Crippen LogP contribution in [0.2, 0.25) is 0 Å². The van der Waals surface area contributed by atoms with Gasteiger partial charge in [0.25, 0.3) is 0 Å². The predicted octanol–water partition coefficient (Wildman–Crippen LogP) is 4.27. The number of piperidine rings is 1. The Hall–Kier alpha value is -3.08. The standard InChI is InChI=1S/C24H31N3O5/c1-23(2,3)32-22(30)27-14-10-19(11-15-27)31-20(28)17-6-8-18(9-7-17)26-21(29)24(16-25)12-4-5-13-24/h6-9,19H,4-5,10-15H2,1-3H3,(H,26,29). The molecule has 1 aromatic carbocycles. The largest absolute Gasteiger partial charge is 0.459 e. The average molecular weight is 442 g/mol. The average Bonchev–Trinajstić information content (AvgIpc) is 3.24. The molecule has 1 aliphatic heterocycles. The van der Waals surface area contributed by atoms with Crippen molar-refractivity contribution in [3.05, 3.63) is 29.8 Å². The predicted molar refractivity (Wildman–Crippen MR) is 118 cm³/mol. The number of benzene rings is 1. The van der Waals surface area contributed by atoms with Crippen molar-refractivity contribution >= 4 is 23.7 Å². The number of carbonyl (C=O) groups excluding carboxylic acids is 3. The molecule has 1 N–H and O–H groups in total. The molecular formula is C24H31N3O5. The first-order valence-corrected chi connectivity index (χ1v) is 11.1. The van der Waals surface area contributed by atoms with Crippen LogP contribution in [-0.2, 0) is 14.3 Å². The van der Waals surface area contributed by atoms with Gasteiger partial charge < -0.3 is 19.7 Å². The van der Waals surface area contributed by atoms with Gasteiger partial charge in [-0.1, -0.05) is 12.8 Å². The molecule has 0 spiro atoms. The Balaban J connectivity index is 1.49. The zero-order valence-electron chi connectivity index (χ0n) is 19.0. The van der Waals surface area contributed by atoms with E-state index in [0.717, 1.165) is 12.8 Å². The summed E-state index contributed by atoms with van der Waals surface area (Å²) in [5, 5.41) is 12.2. The fourth-order valence-electron chi connectivity index (χ4n) is 4.01. The van der Waals surface area contributed by atoms with Gasteiger partial charge in [-0.15, -0.1) is 0 Å². The lowest BCUT2D eigenvalue weighted by atomic mass is 9.87. The topological polar surface area (TPSA) is 109 Å². The molecule has 0 aromatic heterocycles. The second-order valence-electron chi connectivity index (χ2n) is 9.50. The van der Waals surface area contributed by atoms with Crippen molar-refractivity contribution in [1.82, 2.24) is 4.90 Å². The number of hydrogen-bond acceptors (Lipinski definition) is 6. The Morgan fingerprint density at radius 3 is 2.22 bits per heavy atom. The summed E-state index contributed by atoms with van der Waals surface area (Å²) < 4.78 is 11.0. The second kappa shape index (κ2) is 9.60. The van der Waals surface area contributed by atoms with Gasteiger partial charge in [0.2, 0.25) is 5.91 Å². The molecule has 2 fully saturated rings. The lowest BCUT2D eigenvalue weighted by molar-refractivity contribution is -0.122. The zero-order valence-corrected chi connectivity index (χ0v) is 19.0. The highest BCUT2D eigenvalue weighted by Crippen LogP contribution is 2.38. The van der Waals surface area contributed by atoms with Gasteiger partial charge >= 0.3 is 12.1 Å². The smallest absolute Gasteiger partial charge is 0.410 e. The molecule has 0 unspecified atom stereocenters. The lowest BCUT2D eigenvalue weighted by Crippen LogP contribution is -2.43. The molecule has 0 radical (unpaired) electrons. The van der Waals surface area contributed by atoms with Gasteiger partial charge in [0, 0.05) is 31.6 Å². The first-order chi connectivity index (χ1) is 15.1. The fraction of sp³-hybridized carbons (Fsp3) is 0.583. The maximum Gasteiger partial charge on any atom is 0.410 e. The SMILES string of the molecule is CC(C)(C)OC(=O)N1CCC(OC(=O)c2ccc(NC(=O)C3(C#N)CCCC3)cc2)CC1. The Morgan fingerprint density at radius 2 is 1.69 bits per heavy atom. The van der Waals surface area contributed by atoms with Gasteiger partial charge in [0.15, 0.2) is 0 Å². The summed E-state index contributed by atoms with van der Waals surface area (Å²) in [5.74, 6) is -0.729. The van der Waals surface area contributed by atoms with Crippen LogP contribution < -0.4 is 5.32 Å². The van der Waals surface area contributed by atoms with Gasteiger partial charge in [-0.05, 0) is 57.9 Å². The third-order valence-electron chi connectivity index (χ3n) is 5.85. The quantitative estimate of drug-likeness (QED) is 0.699. The molecule has 32 heavy (non-hydrogen) atoms. The van der Waals surface area contributed by atoms with E-state index >= 15 is 0 Å². The van der Waals surface area contributed by atoms with E-state index in [-0.39, 0.29) is 18.1 Å². The summed E-state index contributed by atoms with van der Waals surface area (Å²) in [7, 11) is 0. The van der Waals surface area contributed by atoms with Crippen LogP contribution in [0.15, 0.2) is 24.3 Å². The molecule has 8 heteroatoms. The van der Waals surface area contributed by atoms with Crippen LogP contribution in [0.5, 0.6) is 0 Å². The van der Waals surface area contributed by atoms with Crippen LogP contribution in [-0.4, -0.2) is 47.7 Å². The summed E-state index contributed by atoms with van der Waals surface area (Å²) in [6.07, 6.45) is 3.39. The van der Waals surface area contributed by atoms with E-state index in [1.165, 1.54) is 0 Å². The summed E-state index contributed by atoms with van der Waals surface area (Å²) in [6.45, 7) is 6.42. The van der Waals surface area contributed by atoms with Crippen LogP contribution >= 0.6 is 0 Å². The Kier molecular flexibility index (Phi) is 7.07. The van der Waals surface area contributed by atoms with E-state index in [2.05, 4.69) is 11.4 Å². The number of nitrogens with one attached hydrogen (secondary N) is 1. The number of carbonyl (C=O) groups is 3. The van der Waals surface area contributed by atoms with Crippen LogP contribution in [0, 0.1) is 16.7 Å². The van der Waals surface area contributed by atoms with E-state index in [1.54, 1.807) is 29.2 Å². The molecule has 0 atom stereocenters. The molecule has 1 heterocycles. The number of hydrogen-bond donors (Lipinski definition) is 1. The van der Waals surface area contributed by atoms with Crippen LogP contribution in [0.1, 0.15) is 69.7 Å². The van der Waals surface area contributed by atoms with E-state index in [0.29, 0.717) is 50.0 Å². The number of rotatable bonds is 4. The van der Waals surface area contributed by atoms with Gasteiger partial charge in [-0.3, -0.25) is 4.79 Å². The maximum atomic E-state index is 12.5. The van der Waals surface area contributed by atoms with Crippen molar-refractivity contribution in [2.45, 2.75) is 71.0 Å². The van der Waals surface area contributed by atoms with Crippen molar-refractivity contribution in [2.75, 3.05) is 18.4 Å². The number of ether oxygens (including phenoxy) is 2. The summed E-state index contributed by atoms with van der Waals surface area (Å²) in [5.41, 5.74) is -0.573. The molecular weight excluding hydrogens is 410 g/mol. The monoisotopic (exact) mass is 441 g/mol. The zero-order chi connectivity index (χ0) is 23.4. The fourth-order valence-corrected chi connectivity index (χ4v) is 4.01. The lowest BCUT2D eigenvalue weighted by Gasteiger charge is -2.33. The minimum absolute atomic E-state index is 0.265. The summed E-state index contributed by atoms with van der Waals surface area (Å²) in [4.78, 5) is 38.8. The minimum Gasteiger partial charge on any atom is -0.459 e. The number of amides is 2. The van der Waals surface area contributed by atoms with Gasteiger partial charge in [-0.25, -0.2) is 9.59 Å². The highest BCUT2D eigenvalue weighted by molar-refractivity contribution is 5.98. The normalized spacial score (nSPS) is 18.5. The number of esters is 1. The van der Waals surface area contributed by atoms with E-state index < -0.39 is 17.0 Å². The molecule has 1 aromatic rings. The second-order valence-corrected chi connectivity index (χ2v) is 9.50. The Bertz CT molecular complexity index is 884. The van der Waals surface area contributed by atoms with Crippen molar-refractivity contribution < 1.29 is 23.9 Å². The van der Waals surface area contributed by atoms with Crippen LogP contribution in [0.25, 0.3) is 0 Å². The number of nitriles is 1. The van der Waals surface area contributed by atoms with Gasteiger partial charge in [0.05, 0.1) is 11.6 Å². The molecule has 0 bridgehead atoms. The third-order valence-corrected chi connectivity index (χ3v) is 5.85. The number of anilines is 1. The molecule has 172 valence electrons. The van der Waals surface area contributed by atoms with Gasteiger partial charge in [-0.2, -0.15) is 5.26 Å². The molecule has 1 aliphatic carbocycles.